The lowest BCUT2D eigenvalue weighted by Crippen LogP contribution is -2.54. The third kappa shape index (κ3) is 3.35. The van der Waals surface area contributed by atoms with Crippen LogP contribution in [0.5, 0.6) is 0 Å². The van der Waals surface area contributed by atoms with E-state index >= 15 is 0 Å². The predicted octanol–water partition coefficient (Wildman–Crippen LogP) is 3.36. The Morgan fingerprint density at radius 1 is 1.44 bits per heavy atom. The van der Waals surface area contributed by atoms with Crippen molar-refractivity contribution in [2.24, 2.45) is 0 Å². The maximum absolute atomic E-state index is 11.9. The number of halogens is 1. The van der Waals surface area contributed by atoms with Crippen molar-refractivity contribution in [1.29, 1.82) is 0 Å². The van der Waals surface area contributed by atoms with Gasteiger partial charge in [0.1, 0.15) is 0 Å². The van der Waals surface area contributed by atoms with Gasteiger partial charge in [-0.1, -0.05) is 45.8 Å². The first kappa shape index (κ1) is 13.6. The molecular formula is C15H20BrNO. The maximum atomic E-state index is 11.9. The fourth-order valence-corrected chi connectivity index (χ4v) is 3.08. The van der Waals surface area contributed by atoms with Crippen molar-refractivity contribution in [1.82, 2.24) is 5.32 Å². The number of benzene rings is 1. The summed E-state index contributed by atoms with van der Waals surface area (Å²) in [6, 6.07) is 8.37. The summed E-state index contributed by atoms with van der Waals surface area (Å²) in [6.45, 7) is 2.08. The van der Waals surface area contributed by atoms with Gasteiger partial charge in [0.25, 0.3) is 0 Å². The van der Waals surface area contributed by atoms with Crippen LogP contribution in [-0.2, 0) is 11.2 Å². The summed E-state index contributed by atoms with van der Waals surface area (Å²) in [4.78, 5) is 11.9. The van der Waals surface area contributed by atoms with E-state index in [1.807, 2.05) is 0 Å². The molecule has 1 aliphatic rings. The van der Waals surface area contributed by atoms with Crippen molar-refractivity contribution in [2.45, 2.75) is 44.6 Å². The van der Waals surface area contributed by atoms with E-state index in [0.717, 1.165) is 24.6 Å². The number of amides is 1. The number of hydrogen-bond acceptors (Lipinski definition) is 1. The van der Waals surface area contributed by atoms with E-state index in [4.69, 9.17) is 0 Å². The topological polar surface area (TPSA) is 29.1 Å². The van der Waals surface area contributed by atoms with Crippen molar-refractivity contribution in [3.05, 3.63) is 35.4 Å². The highest BCUT2D eigenvalue weighted by Gasteiger charge is 2.36. The Morgan fingerprint density at radius 2 is 2.22 bits per heavy atom. The quantitative estimate of drug-likeness (QED) is 0.830. The van der Waals surface area contributed by atoms with Crippen LogP contribution in [0.2, 0.25) is 0 Å². The van der Waals surface area contributed by atoms with E-state index < -0.39 is 0 Å². The minimum absolute atomic E-state index is 0.0453. The Bertz CT molecular complexity index is 421. The van der Waals surface area contributed by atoms with Gasteiger partial charge < -0.3 is 5.32 Å². The second-order valence-corrected chi connectivity index (χ2v) is 5.87. The van der Waals surface area contributed by atoms with E-state index in [-0.39, 0.29) is 11.4 Å². The Morgan fingerprint density at radius 3 is 2.78 bits per heavy atom. The molecule has 1 aromatic rings. The Balaban J connectivity index is 1.81. The molecule has 0 spiro atoms. The molecule has 2 rings (SSSR count). The number of aryl methyl sites for hydroxylation is 2. The van der Waals surface area contributed by atoms with Crippen molar-refractivity contribution < 1.29 is 4.79 Å². The summed E-state index contributed by atoms with van der Waals surface area (Å²) in [7, 11) is 0. The van der Waals surface area contributed by atoms with Gasteiger partial charge in [0, 0.05) is 17.3 Å². The molecule has 1 aromatic carbocycles. The van der Waals surface area contributed by atoms with Crippen LogP contribution in [-0.4, -0.2) is 16.8 Å². The van der Waals surface area contributed by atoms with Crippen molar-refractivity contribution in [2.75, 3.05) is 5.33 Å². The van der Waals surface area contributed by atoms with Gasteiger partial charge in [-0.15, -0.1) is 0 Å². The highest BCUT2D eigenvalue weighted by Crippen LogP contribution is 2.33. The second kappa shape index (κ2) is 5.87. The Hall–Kier alpha value is -0.830. The lowest BCUT2D eigenvalue weighted by molar-refractivity contribution is -0.123. The fourth-order valence-electron chi connectivity index (χ4n) is 2.38. The average molecular weight is 310 g/mol. The van der Waals surface area contributed by atoms with E-state index in [1.54, 1.807) is 0 Å². The first-order valence-electron chi connectivity index (χ1n) is 6.56. The van der Waals surface area contributed by atoms with Crippen molar-refractivity contribution in [3.8, 4) is 0 Å². The summed E-state index contributed by atoms with van der Waals surface area (Å²) in [5.41, 5.74) is 2.54. The highest BCUT2D eigenvalue weighted by atomic mass is 79.9. The van der Waals surface area contributed by atoms with Gasteiger partial charge in [0.05, 0.1) is 0 Å². The molecule has 1 saturated carbocycles. The van der Waals surface area contributed by atoms with Crippen molar-refractivity contribution in [3.63, 3.8) is 0 Å². The van der Waals surface area contributed by atoms with Crippen LogP contribution in [0.15, 0.2) is 24.3 Å². The van der Waals surface area contributed by atoms with Gasteiger partial charge in [-0.2, -0.15) is 0 Å². The summed E-state index contributed by atoms with van der Waals surface area (Å²) in [5, 5.41) is 4.05. The molecule has 0 saturated heterocycles. The third-order valence-corrected chi connectivity index (χ3v) is 4.77. The first-order valence-corrected chi connectivity index (χ1v) is 7.68. The largest absolute Gasteiger partial charge is 0.350 e. The van der Waals surface area contributed by atoms with Crippen LogP contribution in [0.1, 0.15) is 36.8 Å². The molecule has 1 fully saturated rings. The Labute approximate surface area is 117 Å². The van der Waals surface area contributed by atoms with Crippen LogP contribution in [0.3, 0.4) is 0 Å². The number of rotatable bonds is 5. The Kier molecular flexibility index (Phi) is 4.44. The van der Waals surface area contributed by atoms with Gasteiger partial charge in [-0.05, 0) is 38.2 Å². The molecule has 2 nitrogen and oxygen atoms in total. The molecule has 1 N–H and O–H groups in total. The molecule has 18 heavy (non-hydrogen) atoms. The lowest BCUT2D eigenvalue weighted by Gasteiger charge is -2.41. The van der Waals surface area contributed by atoms with Gasteiger partial charge >= 0.3 is 0 Å². The number of alkyl halides is 1. The molecule has 0 heterocycles. The molecular weight excluding hydrogens is 290 g/mol. The number of nitrogens with one attached hydrogen (secondary N) is 1. The maximum Gasteiger partial charge on any atom is 0.220 e. The fraction of sp³-hybridized carbons (Fsp3) is 0.533. The summed E-state index contributed by atoms with van der Waals surface area (Å²) >= 11 is 3.50. The lowest BCUT2D eigenvalue weighted by atomic mass is 9.78. The molecule has 98 valence electrons. The monoisotopic (exact) mass is 309 g/mol. The molecule has 0 aliphatic heterocycles. The standard InChI is InChI=1S/C15H20BrNO/c1-12-4-2-5-13(10-12)6-7-14(18)17-15(11-16)8-3-9-15/h2,4-5,10H,3,6-9,11H2,1H3,(H,17,18). The van der Waals surface area contributed by atoms with Crippen molar-refractivity contribution >= 4 is 21.8 Å². The van der Waals surface area contributed by atoms with Gasteiger partial charge in [-0.3, -0.25) is 4.79 Å². The van der Waals surface area contributed by atoms with E-state index in [2.05, 4.69) is 52.4 Å². The molecule has 0 atom stereocenters. The SMILES string of the molecule is Cc1cccc(CCC(=O)NC2(CBr)CCC2)c1. The van der Waals surface area contributed by atoms with Crippen LogP contribution in [0, 0.1) is 6.92 Å². The average Bonchev–Trinajstić information content (AvgIpc) is 2.31. The minimum atomic E-state index is 0.0453. The van der Waals surface area contributed by atoms with Crippen LogP contribution >= 0.6 is 15.9 Å². The first-order chi connectivity index (χ1) is 8.63. The van der Waals surface area contributed by atoms with Crippen LogP contribution < -0.4 is 5.32 Å². The zero-order chi connectivity index (χ0) is 13.0. The van der Waals surface area contributed by atoms with Gasteiger partial charge in [0.2, 0.25) is 5.91 Å². The summed E-state index contributed by atoms with van der Waals surface area (Å²) in [5.74, 6) is 0.177. The molecule has 3 heteroatoms. The normalized spacial score (nSPS) is 17.0. The predicted molar refractivity (Wildman–Crippen MR) is 78.0 cm³/mol. The number of carbonyl (C=O) groups is 1. The molecule has 1 amide bonds. The molecule has 0 aromatic heterocycles. The minimum Gasteiger partial charge on any atom is -0.350 e. The molecule has 0 bridgehead atoms. The summed E-state index contributed by atoms with van der Waals surface area (Å²) in [6.07, 6.45) is 4.84. The van der Waals surface area contributed by atoms with E-state index in [9.17, 15) is 4.79 Å². The van der Waals surface area contributed by atoms with E-state index in [1.165, 1.54) is 17.5 Å². The smallest absolute Gasteiger partial charge is 0.220 e. The molecule has 0 radical (unpaired) electrons. The zero-order valence-electron chi connectivity index (χ0n) is 10.8. The number of hydrogen-bond donors (Lipinski definition) is 1. The van der Waals surface area contributed by atoms with Crippen LogP contribution in [0.4, 0.5) is 0 Å². The molecule has 0 unspecified atom stereocenters. The second-order valence-electron chi connectivity index (χ2n) is 5.30. The number of carbonyl (C=O) groups excluding carboxylic acids is 1. The van der Waals surface area contributed by atoms with Gasteiger partial charge in [0.15, 0.2) is 0 Å². The third-order valence-electron chi connectivity index (χ3n) is 3.69. The summed E-state index contributed by atoms with van der Waals surface area (Å²) < 4.78 is 0. The van der Waals surface area contributed by atoms with Gasteiger partial charge in [-0.25, -0.2) is 0 Å². The van der Waals surface area contributed by atoms with Crippen LogP contribution in [0.25, 0.3) is 0 Å². The highest BCUT2D eigenvalue weighted by molar-refractivity contribution is 9.09. The molecule has 1 aliphatic carbocycles. The van der Waals surface area contributed by atoms with E-state index in [0.29, 0.717) is 6.42 Å². The zero-order valence-corrected chi connectivity index (χ0v) is 12.4.